The lowest BCUT2D eigenvalue weighted by atomic mass is 9.66. The first-order chi connectivity index (χ1) is 13.1. The average molecular weight is 367 g/mol. The number of ether oxygens (including phenoxy) is 1. The molecule has 1 aliphatic heterocycles. The maximum absolute atomic E-state index is 11.4. The van der Waals surface area contributed by atoms with E-state index in [-0.39, 0.29) is 0 Å². The van der Waals surface area contributed by atoms with Gasteiger partial charge in [0.25, 0.3) is 0 Å². The third-order valence-electron chi connectivity index (χ3n) is 6.81. The molecule has 2 fully saturated rings. The Kier molecular flexibility index (Phi) is 5.25. The highest BCUT2D eigenvalue weighted by Crippen LogP contribution is 2.44. The maximum Gasteiger partial charge on any atom is 0.119 e. The Labute approximate surface area is 163 Å². The Morgan fingerprint density at radius 1 is 1.04 bits per heavy atom. The highest BCUT2D eigenvalue weighted by atomic mass is 16.5. The number of aliphatic hydroxyl groups is 1. The molecule has 1 saturated heterocycles. The summed E-state index contributed by atoms with van der Waals surface area (Å²) in [4.78, 5) is 1.58. The number of fused-ring (bicyclic) bond motifs is 1. The number of methoxy groups -OCH3 is 1. The van der Waals surface area contributed by atoms with E-state index in [1.54, 1.807) is 12.0 Å². The van der Waals surface area contributed by atoms with Crippen molar-refractivity contribution in [1.29, 1.82) is 0 Å². The molecule has 0 radical (unpaired) electrons. The molecule has 2 aromatic carbocycles. The van der Waals surface area contributed by atoms with E-state index < -0.39 is 5.60 Å². The van der Waals surface area contributed by atoms with Gasteiger partial charge in [-0.3, -0.25) is 0 Å². The number of piperidine rings is 1. The Morgan fingerprint density at radius 3 is 2.48 bits per heavy atom. The third-order valence-corrected chi connectivity index (χ3v) is 6.81. The predicted molar refractivity (Wildman–Crippen MR) is 108 cm³/mol. The monoisotopic (exact) mass is 366 g/mol. The van der Waals surface area contributed by atoms with Crippen LogP contribution < -0.4 is 9.64 Å². The van der Waals surface area contributed by atoms with Crippen LogP contribution in [0.3, 0.4) is 0 Å². The molecule has 2 aromatic rings. The van der Waals surface area contributed by atoms with Crippen LogP contribution in [0, 0.1) is 12.8 Å². The molecule has 3 heteroatoms. The molecule has 1 unspecified atom stereocenters. The summed E-state index contributed by atoms with van der Waals surface area (Å²) in [5.41, 5.74) is 3.54. The first kappa shape index (κ1) is 18.5. The van der Waals surface area contributed by atoms with Crippen LogP contribution in [0.1, 0.15) is 54.8 Å². The quantitative estimate of drug-likeness (QED) is 0.869. The normalized spacial score (nSPS) is 30.6. The third kappa shape index (κ3) is 3.76. The van der Waals surface area contributed by atoms with Gasteiger partial charge in [-0.2, -0.15) is 0 Å². The first-order valence-corrected chi connectivity index (χ1v) is 10.4. The van der Waals surface area contributed by atoms with Gasteiger partial charge < -0.3 is 14.7 Å². The van der Waals surface area contributed by atoms with Crippen molar-refractivity contribution >= 4 is 0 Å². The summed E-state index contributed by atoms with van der Waals surface area (Å²) in [5.74, 6) is 1.24. The van der Waals surface area contributed by atoms with Gasteiger partial charge >= 0.3 is 0 Å². The Bertz CT molecular complexity index is 755. The Balaban J connectivity index is 1.66. The Morgan fingerprint density at radius 2 is 1.78 bits per heavy atom. The minimum atomic E-state index is -0.486. The summed E-state index contributed by atoms with van der Waals surface area (Å²) in [6.45, 7) is 4.18. The molecule has 2 N–H and O–H groups in total. The second-order valence-electron chi connectivity index (χ2n) is 8.53. The summed E-state index contributed by atoms with van der Waals surface area (Å²) in [6, 6.07) is 17.8. The van der Waals surface area contributed by atoms with E-state index in [1.165, 1.54) is 23.1 Å². The smallest absolute Gasteiger partial charge is 0.119 e. The van der Waals surface area contributed by atoms with Crippen molar-refractivity contribution < 1.29 is 14.7 Å². The van der Waals surface area contributed by atoms with Crippen molar-refractivity contribution in [2.24, 2.45) is 5.92 Å². The molecule has 2 aliphatic rings. The van der Waals surface area contributed by atoms with E-state index in [2.05, 4.69) is 55.5 Å². The number of likely N-dealkylation sites (tertiary alicyclic amines) is 1. The van der Waals surface area contributed by atoms with Crippen LogP contribution in [0.4, 0.5) is 0 Å². The molecular formula is C24H32NO2+. The van der Waals surface area contributed by atoms with Gasteiger partial charge in [-0.25, -0.2) is 0 Å². The number of hydrogen-bond donors (Lipinski definition) is 2. The number of aryl methyl sites for hydroxylation is 1. The van der Waals surface area contributed by atoms with E-state index >= 15 is 0 Å². The minimum Gasteiger partial charge on any atom is -0.497 e. The lowest BCUT2D eigenvalue weighted by Gasteiger charge is -2.50. The highest BCUT2D eigenvalue weighted by Gasteiger charge is 2.51. The van der Waals surface area contributed by atoms with Crippen LogP contribution in [0.5, 0.6) is 5.75 Å². The van der Waals surface area contributed by atoms with Crippen LogP contribution in [0.25, 0.3) is 0 Å². The second-order valence-corrected chi connectivity index (χ2v) is 8.53. The predicted octanol–water partition coefficient (Wildman–Crippen LogP) is 3.45. The molecule has 4 rings (SSSR count). The first-order valence-electron chi connectivity index (χ1n) is 10.4. The van der Waals surface area contributed by atoms with Gasteiger partial charge in [-0.15, -0.1) is 0 Å². The molecular weight excluding hydrogens is 334 g/mol. The SMILES string of the molecule is COc1ccc([C@H]2[C@H]3CCCC[C@@]3(O)CC[NH+]2Cc2ccc(C)cc2)cc1. The van der Waals surface area contributed by atoms with Crippen molar-refractivity contribution in [2.45, 2.75) is 57.2 Å². The van der Waals surface area contributed by atoms with E-state index in [0.29, 0.717) is 12.0 Å². The van der Waals surface area contributed by atoms with E-state index in [9.17, 15) is 5.11 Å². The highest BCUT2D eigenvalue weighted by molar-refractivity contribution is 5.29. The molecule has 0 bridgehead atoms. The molecule has 144 valence electrons. The lowest BCUT2D eigenvalue weighted by Crippen LogP contribution is -3.13. The zero-order valence-electron chi connectivity index (χ0n) is 16.6. The largest absolute Gasteiger partial charge is 0.497 e. The van der Waals surface area contributed by atoms with Crippen molar-refractivity contribution in [2.75, 3.05) is 13.7 Å². The molecule has 3 nitrogen and oxygen atoms in total. The van der Waals surface area contributed by atoms with Crippen LogP contribution in [0.2, 0.25) is 0 Å². The number of rotatable bonds is 4. The van der Waals surface area contributed by atoms with Gasteiger partial charge in [0.15, 0.2) is 0 Å². The lowest BCUT2D eigenvalue weighted by molar-refractivity contribution is -0.958. The second kappa shape index (κ2) is 7.65. The number of nitrogens with one attached hydrogen (secondary N) is 1. The summed E-state index contributed by atoms with van der Waals surface area (Å²) in [5, 5.41) is 11.4. The van der Waals surface area contributed by atoms with Crippen molar-refractivity contribution in [3.8, 4) is 5.75 Å². The van der Waals surface area contributed by atoms with Crippen LogP contribution >= 0.6 is 0 Å². The van der Waals surface area contributed by atoms with Crippen molar-refractivity contribution in [3.05, 3.63) is 65.2 Å². The summed E-state index contributed by atoms with van der Waals surface area (Å²) < 4.78 is 5.36. The fourth-order valence-corrected chi connectivity index (χ4v) is 5.30. The van der Waals surface area contributed by atoms with Gasteiger partial charge in [0.05, 0.1) is 19.3 Å². The van der Waals surface area contributed by atoms with E-state index in [0.717, 1.165) is 44.5 Å². The summed E-state index contributed by atoms with van der Waals surface area (Å²) in [6.07, 6.45) is 5.41. The van der Waals surface area contributed by atoms with E-state index in [1.807, 2.05) is 0 Å². The van der Waals surface area contributed by atoms with Gasteiger partial charge in [-0.05, 0) is 44.0 Å². The zero-order valence-corrected chi connectivity index (χ0v) is 16.6. The fraction of sp³-hybridized carbons (Fsp3) is 0.500. The van der Waals surface area contributed by atoms with Gasteiger partial charge in [0, 0.05) is 23.5 Å². The topological polar surface area (TPSA) is 33.9 Å². The molecule has 27 heavy (non-hydrogen) atoms. The number of quaternary nitrogens is 1. The molecule has 1 aliphatic carbocycles. The zero-order chi connectivity index (χ0) is 18.9. The fourth-order valence-electron chi connectivity index (χ4n) is 5.30. The van der Waals surface area contributed by atoms with Gasteiger partial charge in [0.2, 0.25) is 0 Å². The van der Waals surface area contributed by atoms with Crippen LogP contribution in [-0.2, 0) is 6.54 Å². The molecule has 1 heterocycles. The molecule has 0 spiro atoms. The Hall–Kier alpha value is -1.84. The standard InChI is InChI=1S/C24H31NO2/c1-18-6-8-19(9-7-18)17-25-16-15-24(26)14-4-3-5-22(24)23(25)20-10-12-21(27-2)13-11-20/h6-13,22-23,26H,3-5,14-17H2,1-2H3/p+1/t22-,23+,24-/m1/s1. The van der Waals surface area contributed by atoms with Gasteiger partial charge in [0.1, 0.15) is 18.3 Å². The maximum atomic E-state index is 11.4. The van der Waals surface area contributed by atoms with Crippen molar-refractivity contribution in [1.82, 2.24) is 0 Å². The number of benzene rings is 2. The van der Waals surface area contributed by atoms with Crippen molar-refractivity contribution in [3.63, 3.8) is 0 Å². The molecule has 0 amide bonds. The van der Waals surface area contributed by atoms with Crippen LogP contribution in [0.15, 0.2) is 48.5 Å². The summed E-state index contributed by atoms with van der Waals surface area (Å²) in [7, 11) is 1.71. The molecule has 0 aromatic heterocycles. The molecule has 4 atom stereocenters. The average Bonchev–Trinajstić information content (AvgIpc) is 2.70. The van der Waals surface area contributed by atoms with Gasteiger partial charge in [-0.1, -0.05) is 42.7 Å². The summed E-state index contributed by atoms with van der Waals surface area (Å²) >= 11 is 0. The molecule has 1 saturated carbocycles. The van der Waals surface area contributed by atoms with Crippen LogP contribution in [-0.4, -0.2) is 24.4 Å². The minimum absolute atomic E-state index is 0.342. The van der Waals surface area contributed by atoms with E-state index in [4.69, 9.17) is 4.74 Å². The number of hydrogen-bond acceptors (Lipinski definition) is 2.